The molecule has 0 spiro atoms. The van der Waals surface area contributed by atoms with Gasteiger partial charge in [-0.3, -0.25) is 0 Å². The lowest BCUT2D eigenvalue weighted by atomic mass is 10.2. The van der Waals surface area contributed by atoms with Crippen molar-refractivity contribution < 1.29 is 13.9 Å². The maximum Gasteiger partial charge on any atom is 0.418 e. The van der Waals surface area contributed by atoms with Crippen molar-refractivity contribution in [2.45, 2.75) is 26.4 Å². The van der Waals surface area contributed by atoms with Gasteiger partial charge in [0.15, 0.2) is 5.69 Å². The molecule has 0 aliphatic carbocycles. The lowest BCUT2D eigenvalue weighted by Gasteiger charge is -2.22. The average Bonchev–Trinajstić information content (AvgIpc) is 2.61. The smallest absolute Gasteiger partial charge is 0.418 e. The number of oxazole rings is 1. The summed E-state index contributed by atoms with van der Waals surface area (Å²) in [5.41, 5.74) is -0.471. The second-order valence-electron chi connectivity index (χ2n) is 4.17. The summed E-state index contributed by atoms with van der Waals surface area (Å²) in [5, 5.41) is 8.55. The molecule has 0 N–H and O–H groups in total. The number of hydrogen-bond acceptors (Lipinski definition) is 5. The standard InChI is InChI=1S/C10H13N3O3/c1-10(2,3)16-9(14)13(4)8-12-7(5-11)6-15-8/h6H,1-4H3. The summed E-state index contributed by atoms with van der Waals surface area (Å²) in [6, 6.07) is 1.84. The third-order valence-electron chi connectivity index (χ3n) is 1.56. The first kappa shape index (κ1) is 12.0. The van der Waals surface area contributed by atoms with Gasteiger partial charge in [0.2, 0.25) is 0 Å². The molecule has 0 saturated heterocycles. The molecule has 16 heavy (non-hydrogen) atoms. The van der Waals surface area contributed by atoms with Crippen molar-refractivity contribution in [2.24, 2.45) is 0 Å². The molecule has 0 saturated carbocycles. The summed E-state index contributed by atoms with van der Waals surface area (Å²) < 4.78 is 10.0. The summed E-state index contributed by atoms with van der Waals surface area (Å²) in [5.74, 6) is 0. The molecule has 1 rings (SSSR count). The molecular weight excluding hydrogens is 210 g/mol. The van der Waals surface area contributed by atoms with E-state index in [1.54, 1.807) is 26.8 Å². The molecule has 6 heteroatoms. The van der Waals surface area contributed by atoms with Crippen molar-refractivity contribution in [1.29, 1.82) is 5.26 Å². The number of carbonyl (C=O) groups is 1. The van der Waals surface area contributed by atoms with Crippen molar-refractivity contribution in [1.82, 2.24) is 4.98 Å². The first-order valence-electron chi connectivity index (χ1n) is 4.66. The van der Waals surface area contributed by atoms with Crippen LogP contribution in [-0.4, -0.2) is 23.7 Å². The number of hydrogen-bond donors (Lipinski definition) is 0. The van der Waals surface area contributed by atoms with Gasteiger partial charge in [0, 0.05) is 7.05 Å². The third-order valence-corrected chi connectivity index (χ3v) is 1.56. The van der Waals surface area contributed by atoms with Gasteiger partial charge in [-0.2, -0.15) is 10.2 Å². The second kappa shape index (κ2) is 4.23. The Morgan fingerprint density at radius 3 is 2.69 bits per heavy atom. The number of nitrogens with zero attached hydrogens (tertiary/aromatic N) is 3. The second-order valence-corrected chi connectivity index (χ2v) is 4.17. The Morgan fingerprint density at radius 2 is 2.25 bits per heavy atom. The Morgan fingerprint density at radius 1 is 1.62 bits per heavy atom. The van der Waals surface area contributed by atoms with Gasteiger partial charge < -0.3 is 9.15 Å². The normalized spacial score (nSPS) is 10.7. The molecule has 0 aliphatic heterocycles. The van der Waals surface area contributed by atoms with Crippen molar-refractivity contribution in [2.75, 3.05) is 11.9 Å². The minimum Gasteiger partial charge on any atom is -0.443 e. The van der Waals surface area contributed by atoms with Crippen LogP contribution < -0.4 is 4.90 Å². The van der Waals surface area contributed by atoms with Crippen LogP contribution >= 0.6 is 0 Å². The van der Waals surface area contributed by atoms with Gasteiger partial charge in [-0.25, -0.2) is 9.69 Å². The first-order valence-corrected chi connectivity index (χ1v) is 4.66. The monoisotopic (exact) mass is 223 g/mol. The number of rotatable bonds is 1. The van der Waals surface area contributed by atoms with Crippen molar-refractivity contribution >= 4 is 12.1 Å². The molecule has 86 valence electrons. The molecule has 1 aromatic rings. The molecule has 0 fully saturated rings. The van der Waals surface area contributed by atoms with Crippen LogP contribution in [-0.2, 0) is 4.74 Å². The van der Waals surface area contributed by atoms with Gasteiger partial charge in [-0.15, -0.1) is 0 Å². The number of anilines is 1. The van der Waals surface area contributed by atoms with E-state index in [1.807, 2.05) is 0 Å². The van der Waals surface area contributed by atoms with Gasteiger partial charge in [0.1, 0.15) is 17.9 Å². The first-order chi connectivity index (χ1) is 7.33. The molecule has 0 radical (unpaired) electrons. The highest BCUT2D eigenvalue weighted by molar-refractivity contribution is 5.84. The summed E-state index contributed by atoms with van der Waals surface area (Å²) in [4.78, 5) is 16.5. The number of aromatic nitrogens is 1. The Labute approximate surface area is 93.4 Å². The Hall–Kier alpha value is -2.03. The Kier molecular flexibility index (Phi) is 3.18. The molecule has 0 unspecified atom stereocenters. The zero-order chi connectivity index (χ0) is 12.3. The minimum absolute atomic E-state index is 0.0331. The largest absolute Gasteiger partial charge is 0.443 e. The van der Waals surface area contributed by atoms with Crippen LogP contribution in [0, 0.1) is 11.3 Å². The van der Waals surface area contributed by atoms with Crippen molar-refractivity contribution in [3.05, 3.63) is 12.0 Å². The third kappa shape index (κ3) is 2.98. The quantitative estimate of drug-likeness (QED) is 0.726. The summed E-state index contributed by atoms with van der Waals surface area (Å²) in [6.45, 7) is 5.28. The van der Waals surface area contributed by atoms with E-state index < -0.39 is 11.7 Å². The van der Waals surface area contributed by atoms with Gasteiger partial charge in [0.25, 0.3) is 0 Å². The van der Waals surface area contributed by atoms with Crippen LogP contribution in [0.5, 0.6) is 0 Å². The number of ether oxygens (including phenoxy) is 1. The maximum absolute atomic E-state index is 11.6. The van der Waals surface area contributed by atoms with Crippen LogP contribution in [0.15, 0.2) is 10.7 Å². The predicted molar refractivity (Wildman–Crippen MR) is 55.9 cm³/mol. The molecule has 0 aromatic carbocycles. The molecule has 0 bridgehead atoms. The topological polar surface area (TPSA) is 79.4 Å². The highest BCUT2D eigenvalue weighted by Crippen LogP contribution is 2.15. The highest BCUT2D eigenvalue weighted by Gasteiger charge is 2.23. The Balaban J connectivity index is 2.75. The fourth-order valence-electron chi connectivity index (χ4n) is 0.878. The van der Waals surface area contributed by atoms with E-state index >= 15 is 0 Å². The van der Waals surface area contributed by atoms with Crippen LogP contribution in [0.2, 0.25) is 0 Å². The van der Waals surface area contributed by atoms with Gasteiger partial charge in [-0.05, 0) is 20.8 Å². The van der Waals surface area contributed by atoms with E-state index in [0.29, 0.717) is 0 Å². The molecular formula is C10H13N3O3. The fraction of sp³-hybridized carbons (Fsp3) is 0.500. The number of nitriles is 1. The summed E-state index contributed by atoms with van der Waals surface area (Å²) in [7, 11) is 1.46. The van der Waals surface area contributed by atoms with Crippen LogP contribution in [0.25, 0.3) is 0 Å². The van der Waals surface area contributed by atoms with E-state index in [9.17, 15) is 4.79 Å². The lowest BCUT2D eigenvalue weighted by Crippen LogP contribution is -2.34. The molecule has 1 aromatic heterocycles. The van der Waals surface area contributed by atoms with Crippen molar-refractivity contribution in [3.8, 4) is 6.07 Å². The van der Waals surface area contributed by atoms with E-state index in [2.05, 4.69) is 4.98 Å². The highest BCUT2D eigenvalue weighted by atomic mass is 16.6. The fourth-order valence-corrected chi connectivity index (χ4v) is 0.878. The van der Waals surface area contributed by atoms with Crippen LogP contribution in [0.3, 0.4) is 0 Å². The minimum atomic E-state index is -0.587. The van der Waals surface area contributed by atoms with Gasteiger partial charge in [0.05, 0.1) is 0 Å². The van der Waals surface area contributed by atoms with E-state index in [-0.39, 0.29) is 11.7 Å². The molecule has 1 heterocycles. The van der Waals surface area contributed by atoms with E-state index in [4.69, 9.17) is 14.4 Å². The molecule has 1 amide bonds. The van der Waals surface area contributed by atoms with Crippen LogP contribution in [0.1, 0.15) is 26.5 Å². The van der Waals surface area contributed by atoms with E-state index in [0.717, 1.165) is 4.90 Å². The predicted octanol–water partition coefficient (Wildman–Crippen LogP) is 1.92. The van der Waals surface area contributed by atoms with E-state index in [1.165, 1.54) is 13.3 Å². The average molecular weight is 223 g/mol. The van der Waals surface area contributed by atoms with Gasteiger partial charge >= 0.3 is 12.1 Å². The maximum atomic E-state index is 11.6. The summed E-state index contributed by atoms with van der Waals surface area (Å²) >= 11 is 0. The number of carbonyl (C=O) groups excluding carboxylic acids is 1. The zero-order valence-corrected chi connectivity index (χ0v) is 9.64. The molecule has 6 nitrogen and oxygen atoms in total. The lowest BCUT2D eigenvalue weighted by molar-refractivity contribution is 0.0582. The number of amides is 1. The van der Waals surface area contributed by atoms with Crippen molar-refractivity contribution in [3.63, 3.8) is 0 Å². The Bertz CT molecular complexity index is 425. The SMILES string of the molecule is CN(C(=O)OC(C)(C)C)c1nc(C#N)co1. The zero-order valence-electron chi connectivity index (χ0n) is 9.64. The van der Waals surface area contributed by atoms with Crippen LogP contribution in [0.4, 0.5) is 10.8 Å². The summed E-state index contributed by atoms with van der Waals surface area (Å²) in [6.07, 6.45) is 0.592. The molecule has 0 aliphatic rings. The molecule has 0 atom stereocenters. The van der Waals surface area contributed by atoms with Gasteiger partial charge in [-0.1, -0.05) is 0 Å².